The third kappa shape index (κ3) is 2.20. The summed E-state index contributed by atoms with van der Waals surface area (Å²) in [5, 5.41) is 11.4. The van der Waals surface area contributed by atoms with Gasteiger partial charge in [-0.2, -0.15) is 0 Å². The predicted molar refractivity (Wildman–Crippen MR) is 86.9 cm³/mol. The fourth-order valence-corrected chi connectivity index (χ4v) is 4.75. The zero-order valence-electron chi connectivity index (χ0n) is 13.4. The van der Waals surface area contributed by atoms with Gasteiger partial charge < -0.3 is 0 Å². The number of aryl methyl sites for hydroxylation is 1. The average Bonchev–Trinajstić information content (AvgIpc) is 3.10. The SMILES string of the molecule is Cc1nnc(NC(=O)[C@H](C)N2C(=O)[C@@H]3[C@@H](C2=O)[C@H]2C=C[C@H]3CC2)s1. The lowest BCUT2D eigenvalue weighted by Crippen LogP contribution is -2.46. The minimum atomic E-state index is -0.848. The van der Waals surface area contributed by atoms with Crippen LogP contribution in [0, 0.1) is 30.6 Å². The largest absolute Gasteiger partial charge is 0.299 e. The Hall–Kier alpha value is -2.09. The molecule has 2 heterocycles. The van der Waals surface area contributed by atoms with Gasteiger partial charge >= 0.3 is 0 Å². The standard InChI is InChI=1S/C16H18N4O3S/c1-7(13(21)17-16-19-18-8(2)24-16)20-14(22)11-9-3-4-10(6-5-9)12(11)15(20)23/h3-4,7,9-12H,5-6H2,1-2H3,(H,17,19,21)/t7-,9-,10-,11-,12-/m0/s1. The summed E-state index contributed by atoms with van der Waals surface area (Å²) in [6, 6.07) is -0.848. The normalized spacial score (nSPS) is 32.2. The summed E-state index contributed by atoms with van der Waals surface area (Å²) in [5.74, 6) is -1.15. The quantitative estimate of drug-likeness (QED) is 0.659. The first-order valence-electron chi connectivity index (χ1n) is 8.13. The van der Waals surface area contributed by atoms with Crippen molar-refractivity contribution in [2.75, 3.05) is 5.32 Å². The second-order valence-electron chi connectivity index (χ2n) is 6.68. The molecular weight excluding hydrogens is 328 g/mol. The van der Waals surface area contributed by atoms with Gasteiger partial charge in [0.2, 0.25) is 22.9 Å². The van der Waals surface area contributed by atoms with Gasteiger partial charge in [-0.25, -0.2) is 0 Å². The minimum absolute atomic E-state index is 0.127. The van der Waals surface area contributed by atoms with Crippen LogP contribution in [0.2, 0.25) is 0 Å². The van der Waals surface area contributed by atoms with Crippen molar-refractivity contribution in [3.8, 4) is 0 Å². The summed E-state index contributed by atoms with van der Waals surface area (Å²) >= 11 is 1.26. The first-order valence-corrected chi connectivity index (χ1v) is 8.95. The van der Waals surface area contributed by atoms with E-state index in [9.17, 15) is 14.4 Å². The van der Waals surface area contributed by atoms with Gasteiger partial charge in [0.15, 0.2) is 0 Å². The molecule has 0 radical (unpaired) electrons. The van der Waals surface area contributed by atoms with Crippen molar-refractivity contribution in [1.29, 1.82) is 0 Å². The summed E-state index contributed by atoms with van der Waals surface area (Å²) in [6.45, 7) is 3.38. The van der Waals surface area contributed by atoms with Gasteiger partial charge in [-0.05, 0) is 38.5 Å². The maximum Gasteiger partial charge on any atom is 0.249 e. The molecule has 3 amide bonds. The summed E-state index contributed by atoms with van der Waals surface area (Å²) in [5.41, 5.74) is 0. The molecule has 7 nitrogen and oxygen atoms in total. The van der Waals surface area contributed by atoms with Crippen LogP contribution in [0.3, 0.4) is 0 Å². The smallest absolute Gasteiger partial charge is 0.249 e. The fraction of sp³-hybridized carbons (Fsp3) is 0.562. The molecule has 1 N–H and O–H groups in total. The lowest BCUT2D eigenvalue weighted by Gasteiger charge is -2.38. The molecular formula is C16H18N4O3S. The number of imide groups is 1. The Morgan fingerprint density at radius 2 is 1.79 bits per heavy atom. The third-order valence-electron chi connectivity index (χ3n) is 5.32. The summed E-state index contributed by atoms with van der Waals surface area (Å²) in [7, 11) is 0. The average molecular weight is 346 g/mol. The fourth-order valence-electron chi connectivity index (χ4n) is 4.15. The van der Waals surface area contributed by atoms with Crippen LogP contribution in [0.4, 0.5) is 5.13 Å². The Labute approximate surface area is 143 Å². The van der Waals surface area contributed by atoms with Crippen LogP contribution in [0.15, 0.2) is 12.2 Å². The zero-order chi connectivity index (χ0) is 17.0. The van der Waals surface area contributed by atoms with E-state index in [1.54, 1.807) is 13.8 Å². The second kappa shape index (κ2) is 5.47. The van der Waals surface area contributed by atoms with E-state index < -0.39 is 11.9 Å². The Kier molecular flexibility index (Phi) is 3.52. The molecule has 5 atom stereocenters. The van der Waals surface area contributed by atoms with E-state index >= 15 is 0 Å². The summed E-state index contributed by atoms with van der Waals surface area (Å²) in [4.78, 5) is 39.2. The minimum Gasteiger partial charge on any atom is -0.299 e. The summed E-state index contributed by atoms with van der Waals surface area (Å²) in [6.07, 6.45) is 6.02. The van der Waals surface area contributed by atoms with Crippen molar-refractivity contribution >= 4 is 34.2 Å². The number of hydrogen-bond donors (Lipinski definition) is 1. The first-order chi connectivity index (χ1) is 11.5. The highest BCUT2D eigenvalue weighted by atomic mass is 32.1. The van der Waals surface area contributed by atoms with E-state index in [1.807, 2.05) is 0 Å². The monoisotopic (exact) mass is 346 g/mol. The highest BCUT2D eigenvalue weighted by Crippen LogP contribution is 2.49. The van der Waals surface area contributed by atoms with Crippen molar-refractivity contribution in [2.45, 2.75) is 32.7 Å². The highest BCUT2D eigenvalue weighted by molar-refractivity contribution is 7.15. The van der Waals surface area contributed by atoms with Crippen LogP contribution in [0.5, 0.6) is 0 Å². The number of aromatic nitrogens is 2. The highest BCUT2D eigenvalue weighted by Gasteiger charge is 2.58. The number of allylic oxidation sites excluding steroid dienone is 2. The van der Waals surface area contributed by atoms with Crippen molar-refractivity contribution in [3.63, 3.8) is 0 Å². The van der Waals surface area contributed by atoms with Crippen LogP contribution in [-0.4, -0.2) is 38.9 Å². The molecule has 5 rings (SSSR count). The van der Waals surface area contributed by atoms with E-state index in [1.165, 1.54) is 11.3 Å². The number of nitrogens with zero attached hydrogens (tertiary/aromatic N) is 3. The summed E-state index contributed by atoms with van der Waals surface area (Å²) < 4.78 is 0. The number of hydrogen-bond acceptors (Lipinski definition) is 6. The van der Waals surface area contributed by atoms with Crippen molar-refractivity contribution in [2.24, 2.45) is 23.7 Å². The molecule has 1 aromatic rings. The maximum atomic E-state index is 12.8. The van der Waals surface area contributed by atoms with Crippen LogP contribution in [0.1, 0.15) is 24.8 Å². The molecule has 2 bridgehead atoms. The first kappa shape index (κ1) is 15.4. The van der Waals surface area contributed by atoms with Gasteiger partial charge in [0, 0.05) is 0 Å². The molecule has 1 saturated carbocycles. The Balaban J connectivity index is 1.54. The van der Waals surface area contributed by atoms with Crippen LogP contribution in [-0.2, 0) is 14.4 Å². The van der Waals surface area contributed by atoms with E-state index in [2.05, 4.69) is 27.7 Å². The molecule has 2 fully saturated rings. The van der Waals surface area contributed by atoms with Gasteiger partial charge in [0.05, 0.1) is 11.8 Å². The number of fused-ring (bicyclic) bond motifs is 1. The number of rotatable bonds is 3. The topological polar surface area (TPSA) is 92.3 Å². The molecule has 0 spiro atoms. The van der Waals surface area contributed by atoms with Crippen molar-refractivity contribution in [1.82, 2.24) is 15.1 Å². The van der Waals surface area contributed by atoms with Gasteiger partial charge in [-0.15, -0.1) is 10.2 Å². The Bertz CT molecular complexity index is 726. The Morgan fingerprint density at radius 3 is 2.25 bits per heavy atom. The van der Waals surface area contributed by atoms with E-state index in [0.717, 1.165) is 22.7 Å². The van der Waals surface area contributed by atoms with Crippen LogP contribution in [0.25, 0.3) is 0 Å². The zero-order valence-corrected chi connectivity index (χ0v) is 14.2. The molecule has 3 aliphatic carbocycles. The van der Waals surface area contributed by atoms with E-state index in [4.69, 9.17) is 0 Å². The van der Waals surface area contributed by atoms with Gasteiger partial charge in [0.1, 0.15) is 11.0 Å². The van der Waals surface area contributed by atoms with Gasteiger partial charge in [-0.1, -0.05) is 23.5 Å². The molecule has 4 aliphatic rings. The molecule has 0 aromatic carbocycles. The van der Waals surface area contributed by atoms with E-state index in [0.29, 0.717) is 5.13 Å². The maximum absolute atomic E-state index is 12.8. The molecule has 1 aliphatic heterocycles. The lowest BCUT2D eigenvalue weighted by molar-refractivity contribution is -0.146. The number of carbonyl (C=O) groups excluding carboxylic acids is 3. The van der Waals surface area contributed by atoms with Gasteiger partial charge in [0.25, 0.3) is 0 Å². The van der Waals surface area contributed by atoms with Gasteiger partial charge in [-0.3, -0.25) is 24.6 Å². The predicted octanol–water partition coefficient (Wildman–Crippen LogP) is 1.37. The lowest BCUT2D eigenvalue weighted by atomic mass is 9.63. The number of anilines is 1. The molecule has 0 unspecified atom stereocenters. The number of likely N-dealkylation sites (tertiary alicyclic amines) is 1. The van der Waals surface area contributed by atoms with Crippen molar-refractivity contribution < 1.29 is 14.4 Å². The molecule has 1 saturated heterocycles. The molecule has 8 heteroatoms. The molecule has 1 aromatic heterocycles. The number of amides is 3. The molecule has 24 heavy (non-hydrogen) atoms. The number of nitrogens with one attached hydrogen (secondary N) is 1. The van der Waals surface area contributed by atoms with E-state index in [-0.39, 0.29) is 35.5 Å². The second-order valence-corrected chi connectivity index (χ2v) is 7.86. The molecule has 126 valence electrons. The number of carbonyl (C=O) groups is 3. The van der Waals surface area contributed by atoms with Crippen LogP contribution < -0.4 is 5.32 Å². The van der Waals surface area contributed by atoms with Crippen LogP contribution >= 0.6 is 11.3 Å². The van der Waals surface area contributed by atoms with Crippen molar-refractivity contribution in [3.05, 3.63) is 17.2 Å². The Morgan fingerprint density at radius 1 is 1.21 bits per heavy atom. The third-order valence-corrected chi connectivity index (χ3v) is 6.07.